The highest BCUT2D eigenvalue weighted by molar-refractivity contribution is 5.52. The molecule has 0 saturated heterocycles. The standard InChI is InChI=1S/C21H27NO2/c1-5-23-19-12-16-9-10-22-21(18(16)13-20(19)24-6-2)17-8-7-14(3)11-15(17)4/h7-8,11-13,21-22H,5-6,9-10H2,1-4H3/t21-/m0/s1. The third-order valence-electron chi connectivity index (χ3n) is 4.60. The van der Waals surface area contributed by atoms with Crippen LogP contribution in [0.2, 0.25) is 0 Å². The third kappa shape index (κ3) is 3.27. The largest absolute Gasteiger partial charge is 0.490 e. The fourth-order valence-corrected chi connectivity index (χ4v) is 3.53. The molecule has 0 fully saturated rings. The molecular formula is C21H27NO2. The van der Waals surface area contributed by atoms with Gasteiger partial charge in [0.05, 0.1) is 19.3 Å². The first-order valence-corrected chi connectivity index (χ1v) is 8.87. The summed E-state index contributed by atoms with van der Waals surface area (Å²) in [6, 6.07) is 11.2. The molecule has 2 aromatic carbocycles. The molecule has 0 amide bonds. The number of benzene rings is 2. The Bertz CT molecular complexity index is 724. The van der Waals surface area contributed by atoms with Gasteiger partial charge in [-0.2, -0.15) is 0 Å². The Morgan fingerprint density at radius 1 is 0.958 bits per heavy atom. The average molecular weight is 325 g/mol. The van der Waals surface area contributed by atoms with Crippen molar-refractivity contribution < 1.29 is 9.47 Å². The molecule has 1 heterocycles. The number of hydrogen-bond acceptors (Lipinski definition) is 3. The Balaban J connectivity index is 2.07. The lowest BCUT2D eigenvalue weighted by molar-refractivity contribution is 0.286. The molecule has 3 rings (SSSR count). The molecule has 1 aliphatic rings. The average Bonchev–Trinajstić information content (AvgIpc) is 2.56. The van der Waals surface area contributed by atoms with E-state index in [2.05, 4.69) is 49.5 Å². The maximum absolute atomic E-state index is 5.84. The van der Waals surface area contributed by atoms with Crippen molar-refractivity contribution >= 4 is 0 Å². The van der Waals surface area contributed by atoms with Crippen LogP contribution in [0, 0.1) is 13.8 Å². The summed E-state index contributed by atoms with van der Waals surface area (Å²) in [5.41, 5.74) is 6.63. The first-order chi connectivity index (χ1) is 11.6. The molecule has 1 atom stereocenters. The zero-order chi connectivity index (χ0) is 17.1. The van der Waals surface area contributed by atoms with Crippen LogP contribution in [-0.2, 0) is 6.42 Å². The Kier molecular flexibility index (Phi) is 5.10. The van der Waals surface area contributed by atoms with E-state index < -0.39 is 0 Å². The topological polar surface area (TPSA) is 30.5 Å². The van der Waals surface area contributed by atoms with Crippen LogP contribution in [0.15, 0.2) is 30.3 Å². The van der Waals surface area contributed by atoms with Crippen LogP contribution in [0.4, 0.5) is 0 Å². The number of nitrogens with one attached hydrogen (secondary N) is 1. The lowest BCUT2D eigenvalue weighted by Gasteiger charge is -2.30. The smallest absolute Gasteiger partial charge is 0.161 e. The molecule has 0 saturated carbocycles. The summed E-state index contributed by atoms with van der Waals surface area (Å²) in [6.45, 7) is 10.6. The quantitative estimate of drug-likeness (QED) is 0.887. The summed E-state index contributed by atoms with van der Waals surface area (Å²) >= 11 is 0. The highest BCUT2D eigenvalue weighted by Crippen LogP contribution is 2.38. The van der Waals surface area contributed by atoms with Crippen molar-refractivity contribution in [2.24, 2.45) is 0 Å². The van der Waals surface area contributed by atoms with Crippen LogP contribution in [0.1, 0.15) is 47.7 Å². The summed E-state index contributed by atoms with van der Waals surface area (Å²) in [7, 11) is 0. The van der Waals surface area contributed by atoms with Gasteiger partial charge in [-0.15, -0.1) is 0 Å². The number of rotatable bonds is 5. The molecular weight excluding hydrogens is 298 g/mol. The number of ether oxygens (including phenoxy) is 2. The van der Waals surface area contributed by atoms with Crippen LogP contribution in [0.3, 0.4) is 0 Å². The van der Waals surface area contributed by atoms with E-state index in [4.69, 9.17) is 9.47 Å². The van der Waals surface area contributed by atoms with E-state index in [9.17, 15) is 0 Å². The SMILES string of the molecule is CCOc1cc2c(cc1OCC)[C@H](c1ccc(C)cc1C)NCC2. The fourth-order valence-electron chi connectivity index (χ4n) is 3.53. The minimum atomic E-state index is 0.212. The number of aryl methyl sites for hydroxylation is 2. The van der Waals surface area contributed by atoms with E-state index in [1.165, 1.54) is 27.8 Å². The molecule has 0 radical (unpaired) electrons. The van der Waals surface area contributed by atoms with E-state index in [0.717, 1.165) is 24.5 Å². The molecule has 24 heavy (non-hydrogen) atoms. The zero-order valence-corrected chi connectivity index (χ0v) is 15.1. The summed E-state index contributed by atoms with van der Waals surface area (Å²) in [5, 5.41) is 3.68. The van der Waals surface area contributed by atoms with Crippen molar-refractivity contribution in [2.75, 3.05) is 19.8 Å². The van der Waals surface area contributed by atoms with Crippen LogP contribution in [0.5, 0.6) is 11.5 Å². The van der Waals surface area contributed by atoms with Crippen molar-refractivity contribution in [3.8, 4) is 11.5 Å². The lowest BCUT2D eigenvalue weighted by Crippen LogP contribution is -2.31. The van der Waals surface area contributed by atoms with E-state index in [0.29, 0.717) is 13.2 Å². The summed E-state index contributed by atoms with van der Waals surface area (Å²) in [6.07, 6.45) is 1.02. The Hall–Kier alpha value is -2.00. The van der Waals surface area contributed by atoms with Gasteiger partial charge in [0, 0.05) is 6.54 Å². The van der Waals surface area contributed by atoms with E-state index in [-0.39, 0.29) is 6.04 Å². The second kappa shape index (κ2) is 7.27. The minimum absolute atomic E-state index is 0.212. The molecule has 0 bridgehead atoms. The van der Waals surface area contributed by atoms with Crippen molar-refractivity contribution in [3.05, 3.63) is 58.1 Å². The van der Waals surface area contributed by atoms with Gasteiger partial charge in [0.15, 0.2) is 11.5 Å². The molecule has 1 N–H and O–H groups in total. The number of hydrogen-bond donors (Lipinski definition) is 1. The summed E-state index contributed by atoms with van der Waals surface area (Å²) in [5.74, 6) is 1.70. The number of fused-ring (bicyclic) bond motifs is 1. The van der Waals surface area contributed by atoms with Gasteiger partial charge >= 0.3 is 0 Å². The van der Waals surface area contributed by atoms with Crippen LogP contribution < -0.4 is 14.8 Å². The van der Waals surface area contributed by atoms with Gasteiger partial charge in [0.25, 0.3) is 0 Å². The fraction of sp³-hybridized carbons (Fsp3) is 0.429. The molecule has 1 aliphatic heterocycles. The predicted octanol–water partition coefficient (Wildman–Crippen LogP) is 4.34. The molecule has 128 valence electrons. The Morgan fingerprint density at radius 3 is 2.33 bits per heavy atom. The van der Waals surface area contributed by atoms with E-state index in [1.54, 1.807) is 0 Å². The van der Waals surface area contributed by atoms with Gasteiger partial charge in [0.2, 0.25) is 0 Å². The van der Waals surface area contributed by atoms with Crippen molar-refractivity contribution in [3.63, 3.8) is 0 Å². The molecule has 3 nitrogen and oxygen atoms in total. The van der Waals surface area contributed by atoms with Gasteiger partial charge in [-0.05, 0) is 68.5 Å². The normalized spacial score (nSPS) is 16.6. The predicted molar refractivity (Wildman–Crippen MR) is 98.2 cm³/mol. The van der Waals surface area contributed by atoms with Gasteiger partial charge < -0.3 is 14.8 Å². The lowest BCUT2D eigenvalue weighted by atomic mass is 9.87. The van der Waals surface area contributed by atoms with Gasteiger partial charge in [-0.1, -0.05) is 23.8 Å². The summed E-state index contributed by atoms with van der Waals surface area (Å²) < 4.78 is 11.6. The Morgan fingerprint density at radius 2 is 1.67 bits per heavy atom. The van der Waals surface area contributed by atoms with Crippen molar-refractivity contribution in [1.29, 1.82) is 0 Å². The van der Waals surface area contributed by atoms with Gasteiger partial charge in [0.1, 0.15) is 0 Å². The van der Waals surface area contributed by atoms with E-state index >= 15 is 0 Å². The Labute approximate surface area is 145 Å². The highest BCUT2D eigenvalue weighted by atomic mass is 16.5. The zero-order valence-electron chi connectivity index (χ0n) is 15.1. The van der Waals surface area contributed by atoms with E-state index in [1.807, 2.05) is 13.8 Å². The second-order valence-corrected chi connectivity index (χ2v) is 6.36. The molecule has 0 spiro atoms. The molecule has 3 heteroatoms. The highest BCUT2D eigenvalue weighted by Gasteiger charge is 2.25. The van der Waals surface area contributed by atoms with Crippen molar-refractivity contribution in [1.82, 2.24) is 5.32 Å². The molecule has 0 unspecified atom stereocenters. The van der Waals surface area contributed by atoms with Gasteiger partial charge in [-0.25, -0.2) is 0 Å². The maximum atomic E-state index is 5.84. The van der Waals surface area contributed by atoms with Crippen LogP contribution in [-0.4, -0.2) is 19.8 Å². The first-order valence-electron chi connectivity index (χ1n) is 8.87. The summed E-state index contributed by atoms with van der Waals surface area (Å²) in [4.78, 5) is 0. The first kappa shape index (κ1) is 16.8. The van der Waals surface area contributed by atoms with Gasteiger partial charge in [-0.3, -0.25) is 0 Å². The van der Waals surface area contributed by atoms with Crippen LogP contribution in [0.25, 0.3) is 0 Å². The maximum Gasteiger partial charge on any atom is 0.161 e. The third-order valence-corrected chi connectivity index (χ3v) is 4.60. The molecule has 2 aromatic rings. The monoisotopic (exact) mass is 325 g/mol. The van der Waals surface area contributed by atoms with Crippen LogP contribution >= 0.6 is 0 Å². The minimum Gasteiger partial charge on any atom is -0.490 e. The molecule has 0 aromatic heterocycles. The second-order valence-electron chi connectivity index (χ2n) is 6.36. The van der Waals surface area contributed by atoms with Crippen molar-refractivity contribution in [2.45, 2.75) is 40.2 Å². The molecule has 0 aliphatic carbocycles.